The Bertz CT molecular complexity index is 681. The molecule has 1 aliphatic carbocycles. The molecule has 1 fully saturated rings. The smallest absolute Gasteiger partial charge is 0.225 e. The zero-order valence-corrected chi connectivity index (χ0v) is 15.2. The van der Waals surface area contributed by atoms with Gasteiger partial charge in [-0.1, -0.05) is 43.9 Å². The molecule has 0 amide bonds. The van der Waals surface area contributed by atoms with Crippen LogP contribution in [-0.4, -0.2) is 23.1 Å². The minimum atomic E-state index is 0.527. The van der Waals surface area contributed by atoms with Gasteiger partial charge < -0.3 is 15.4 Å². The van der Waals surface area contributed by atoms with Gasteiger partial charge in [-0.15, -0.1) is 0 Å². The maximum atomic E-state index is 5.40. The van der Waals surface area contributed by atoms with E-state index >= 15 is 0 Å². The van der Waals surface area contributed by atoms with Crippen LogP contribution in [0.25, 0.3) is 0 Å². The Hall–Kier alpha value is -2.30. The van der Waals surface area contributed by atoms with Crippen molar-refractivity contribution in [2.45, 2.75) is 58.0 Å². The molecule has 2 N–H and O–H groups in total. The van der Waals surface area contributed by atoms with E-state index in [1.165, 1.54) is 38.5 Å². The molecule has 5 nitrogen and oxygen atoms in total. The number of nitrogens with one attached hydrogen (secondary N) is 2. The van der Waals surface area contributed by atoms with Crippen molar-refractivity contribution >= 4 is 11.8 Å². The van der Waals surface area contributed by atoms with Gasteiger partial charge in [0.05, 0.1) is 7.11 Å². The number of aromatic nitrogens is 2. The van der Waals surface area contributed by atoms with Gasteiger partial charge in [0, 0.05) is 29.9 Å². The lowest BCUT2D eigenvalue weighted by Gasteiger charge is -2.18. The second kappa shape index (κ2) is 8.70. The predicted molar refractivity (Wildman–Crippen MR) is 102 cm³/mol. The van der Waals surface area contributed by atoms with E-state index in [2.05, 4.69) is 20.6 Å². The molecule has 1 heterocycles. The zero-order chi connectivity index (χ0) is 17.5. The van der Waals surface area contributed by atoms with E-state index in [4.69, 9.17) is 4.74 Å². The fourth-order valence-corrected chi connectivity index (χ4v) is 3.38. The maximum absolute atomic E-state index is 5.40. The van der Waals surface area contributed by atoms with Crippen molar-refractivity contribution in [1.29, 1.82) is 0 Å². The number of aryl methyl sites for hydroxylation is 1. The molecule has 134 valence electrons. The van der Waals surface area contributed by atoms with E-state index in [0.717, 1.165) is 22.8 Å². The van der Waals surface area contributed by atoms with Crippen LogP contribution < -0.4 is 15.4 Å². The summed E-state index contributed by atoms with van der Waals surface area (Å²) in [5.41, 5.74) is 2.06. The van der Waals surface area contributed by atoms with Crippen LogP contribution in [0.15, 0.2) is 30.3 Å². The van der Waals surface area contributed by atoms with Gasteiger partial charge in [0.25, 0.3) is 0 Å². The highest BCUT2D eigenvalue weighted by atomic mass is 16.5. The van der Waals surface area contributed by atoms with E-state index in [9.17, 15) is 0 Å². The number of anilines is 2. The summed E-state index contributed by atoms with van der Waals surface area (Å²) < 4.78 is 5.40. The van der Waals surface area contributed by atoms with Gasteiger partial charge in [0.15, 0.2) is 0 Å². The van der Waals surface area contributed by atoms with E-state index < -0.39 is 0 Å². The number of benzene rings is 1. The van der Waals surface area contributed by atoms with Crippen molar-refractivity contribution in [3.63, 3.8) is 0 Å². The third-order valence-corrected chi connectivity index (χ3v) is 4.69. The number of methoxy groups -OCH3 is 1. The Balaban J connectivity index is 1.66. The highest BCUT2D eigenvalue weighted by Gasteiger charge is 2.13. The van der Waals surface area contributed by atoms with Crippen LogP contribution in [-0.2, 0) is 6.54 Å². The van der Waals surface area contributed by atoms with Crippen LogP contribution in [0.4, 0.5) is 11.8 Å². The minimum Gasteiger partial charge on any atom is -0.496 e. The summed E-state index contributed by atoms with van der Waals surface area (Å²) in [5, 5.41) is 6.93. The van der Waals surface area contributed by atoms with E-state index in [1.54, 1.807) is 7.11 Å². The summed E-state index contributed by atoms with van der Waals surface area (Å²) in [7, 11) is 1.69. The van der Waals surface area contributed by atoms with Crippen molar-refractivity contribution in [2.24, 2.45) is 0 Å². The number of rotatable bonds is 6. The third-order valence-electron chi connectivity index (χ3n) is 4.69. The number of hydrogen-bond donors (Lipinski definition) is 2. The lowest BCUT2D eigenvalue weighted by molar-refractivity contribution is 0.410. The van der Waals surface area contributed by atoms with Gasteiger partial charge in [-0.3, -0.25) is 0 Å². The average Bonchev–Trinajstić information content (AvgIpc) is 2.88. The molecular weight excluding hydrogens is 312 g/mol. The molecule has 0 unspecified atom stereocenters. The number of nitrogens with zero attached hydrogens (tertiary/aromatic N) is 2. The summed E-state index contributed by atoms with van der Waals surface area (Å²) in [5.74, 6) is 2.45. The molecule has 1 saturated carbocycles. The lowest BCUT2D eigenvalue weighted by atomic mass is 10.1. The SMILES string of the molecule is COc1ccccc1CNc1nc(C)cc(NC2CCCCCC2)n1. The molecule has 2 aromatic rings. The van der Waals surface area contributed by atoms with E-state index in [0.29, 0.717) is 18.5 Å². The molecule has 0 aliphatic heterocycles. The standard InChI is InChI=1S/C20H28N4O/c1-15-13-19(23-17-10-5-3-4-6-11-17)24-20(22-15)21-14-16-9-7-8-12-18(16)25-2/h7-9,12-13,17H,3-6,10-11,14H2,1-2H3,(H2,21,22,23,24). The van der Waals surface area contributed by atoms with Gasteiger partial charge in [-0.25, -0.2) is 4.98 Å². The number of para-hydroxylation sites is 1. The molecule has 0 spiro atoms. The molecule has 3 rings (SSSR count). The van der Waals surface area contributed by atoms with Crippen molar-refractivity contribution in [2.75, 3.05) is 17.7 Å². The van der Waals surface area contributed by atoms with Crippen LogP contribution in [0, 0.1) is 6.92 Å². The molecule has 25 heavy (non-hydrogen) atoms. The molecule has 0 saturated heterocycles. The van der Waals surface area contributed by atoms with Gasteiger partial charge in [0.1, 0.15) is 11.6 Å². The van der Waals surface area contributed by atoms with Gasteiger partial charge in [-0.05, 0) is 25.8 Å². The molecule has 5 heteroatoms. The average molecular weight is 340 g/mol. The first-order valence-electron chi connectivity index (χ1n) is 9.22. The topological polar surface area (TPSA) is 59.1 Å². The first-order chi connectivity index (χ1) is 12.2. The van der Waals surface area contributed by atoms with E-state index in [-0.39, 0.29) is 0 Å². The summed E-state index contributed by atoms with van der Waals surface area (Å²) in [6, 6.07) is 10.5. The van der Waals surface area contributed by atoms with Crippen molar-refractivity contribution in [3.05, 3.63) is 41.6 Å². The molecule has 1 aromatic heterocycles. The van der Waals surface area contributed by atoms with E-state index in [1.807, 2.05) is 37.3 Å². The Morgan fingerprint density at radius 3 is 2.60 bits per heavy atom. The second-order valence-corrected chi connectivity index (χ2v) is 6.72. The highest BCUT2D eigenvalue weighted by Crippen LogP contribution is 2.22. The second-order valence-electron chi connectivity index (χ2n) is 6.72. The molecule has 0 bridgehead atoms. The van der Waals surface area contributed by atoms with Crippen LogP contribution >= 0.6 is 0 Å². The normalized spacial score (nSPS) is 15.4. The predicted octanol–water partition coefficient (Wildman–Crippen LogP) is 4.54. The van der Waals surface area contributed by atoms with Gasteiger partial charge in [-0.2, -0.15) is 4.98 Å². The zero-order valence-electron chi connectivity index (χ0n) is 15.2. The maximum Gasteiger partial charge on any atom is 0.225 e. The molecule has 0 radical (unpaired) electrons. The largest absolute Gasteiger partial charge is 0.496 e. The fraction of sp³-hybridized carbons (Fsp3) is 0.500. The van der Waals surface area contributed by atoms with Crippen molar-refractivity contribution < 1.29 is 4.74 Å². The Morgan fingerprint density at radius 2 is 1.84 bits per heavy atom. The van der Waals surface area contributed by atoms with Crippen LogP contribution in [0.1, 0.15) is 49.8 Å². The first kappa shape index (κ1) is 17.5. The minimum absolute atomic E-state index is 0.527. The fourth-order valence-electron chi connectivity index (χ4n) is 3.38. The highest BCUT2D eigenvalue weighted by molar-refractivity contribution is 5.44. The Morgan fingerprint density at radius 1 is 1.08 bits per heavy atom. The van der Waals surface area contributed by atoms with Crippen molar-refractivity contribution in [3.8, 4) is 5.75 Å². The van der Waals surface area contributed by atoms with Gasteiger partial charge in [0.2, 0.25) is 5.95 Å². The third kappa shape index (κ3) is 5.08. The summed E-state index contributed by atoms with van der Waals surface area (Å²) in [4.78, 5) is 9.17. The quantitative estimate of drug-likeness (QED) is 0.756. The van der Waals surface area contributed by atoms with Crippen LogP contribution in [0.5, 0.6) is 5.75 Å². The Labute approximate surface area is 150 Å². The molecule has 1 aromatic carbocycles. The van der Waals surface area contributed by atoms with Crippen molar-refractivity contribution in [1.82, 2.24) is 9.97 Å². The van der Waals surface area contributed by atoms with Crippen LogP contribution in [0.3, 0.4) is 0 Å². The summed E-state index contributed by atoms with van der Waals surface area (Å²) in [6.07, 6.45) is 7.78. The van der Waals surface area contributed by atoms with Crippen LogP contribution in [0.2, 0.25) is 0 Å². The summed E-state index contributed by atoms with van der Waals surface area (Å²) in [6.45, 7) is 2.64. The first-order valence-corrected chi connectivity index (χ1v) is 9.22. The summed E-state index contributed by atoms with van der Waals surface area (Å²) >= 11 is 0. The van der Waals surface area contributed by atoms with Gasteiger partial charge >= 0.3 is 0 Å². The Kier molecular flexibility index (Phi) is 6.09. The molecule has 1 aliphatic rings. The molecular formula is C20H28N4O. The molecule has 0 atom stereocenters. The number of hydrogen-bond acceptors (Lipinski definition) is 5. The lowest BCUT2D eigenvalue weighted by Crippen LogP contribution is -2.19. The monoisotopic (exact) mass is 340 g/mol. The number of ether oxygens (including phenoxy) is 1.